The van der Waals surface area contributed by atoms with Crippen LogP contribution in [0.15, 0.2) is 46.2 Å². The van der Waals surface area contributed by atoms with Crippen LogP contribution in [0.1, 0.15) is 128 Å². The Morgan fingerprint density at radius 2 is 0.814 bits per heavy atom. The molecule has 0 bridgehead atoms. The zero-order valence-electron chi connectivity index (χ0n) is 26.9. The van der Waals surface area contributed by atoms with Crippen LogP contribution in [0.3, 0.4) is 0 Å². The number of unbranched alkanes of at least 4 members (excludes halogenated alkanes) is 14. The minimum atomic E-state index is -4.92. The smallest absolute Gasteiger partial charge is 0.744 e. The molecule has 0 radical (unpaired) electrons. The van der Waals surface area contributed by atoms with Crippen molar-refractivity contribution in [3.8, 4) is 11.5 Å². The van der Waals surface area contributed by atoms with Gasteiger partial charge >= 0.3 is 59.1 Å². The molecule has 0 amide bonds. The van der Waals surface area contributed by atoms with Crippen molar-refractivity contribution in [3.05, 3.63) is 47.5 Å². The molecule has 0 fully saturated rings. The van der Waals surface area contributed by atoms with E-state index in [9.17, 15) is 25.9 Å². The number of aryl methyl sites for hydroxylation is 2. The molecule has 7 nitrogen and oxygen atoms in total. The van der Waals surface area contributed by atoms with Crippen molar-refractivity contribution in [2.75, 3.05) is 0 Å². The maximum absolute atomic E-state index is 12.2. The van der Waals surface area contributed by atoms with Gasteiger partial charge in [0, 0.05) is 0 Å². The topological polar surface area (TPSA) is 124 Å². The monoisotopic (exact) mass is 654 g/mol. The van der Waals surface area contributed by atoms with Crippen LogP contribution < -0.4 is 63.9 Å². The average molecular weight is 655 g/mol. The minimum absolute atomic E-state index is 0. The first-order chi connectivity index (χ1) is 19.6. The van der Waals surface area contributed by atoms with Crippen LogP contribution >= 0.6 is 0 Å². The summed E-state index contributed by atoms with van der Waals surface area (Å²) in [4.78, 5) is -1.10. The molecule has 43 heavy (non-hydrogen) atoms. The molecule has 2 aromatic rings. The van der Waals surface area contributed by atoms with Gasteiger partial charge in [0.2, 0.25) is 0 Å². The molecule has 11 heteroatoms. The molecule has 0 aliphatic rings. The molecule has 0 saturated carbocycles. The van der Waals surface area contributed by atoms with Crippen molar-refractivity contribution in [2.45, 2.75) is 139 Å². The fraction of sp³-hybridized carbons (Fsp3) is 0.625. The molecule has 2 rings (SSSR count). The van der Waals surface area contributed by atoms with Crippen LogP contribution in [-0.2, 0) is 33.1 Å². The summed E-state index contributed by atoms with van der Waals surface area (Å²) in [7, 11) is -9.84. The number of hydrogen-bond acceptors (Lipinski definition) is 7. The molecule has 0 spiro atoms. The summed E-state index contributed by atoms with van der Waals surface area (Å²) in [6, 6.07) is 8.71. The van der Waals surface area contributed by atoms with Gasteiger partial charge in [-0.15, -0.1) is 0 Å². The van der Waals surface area contributed by atoms with E-state index in [-0.39, 0.29) is 70.6 Å². The second kappa shape index (κ2) is 23.4. The first-order valence-electron chi connectivity index (χ1n) is 15.4. The number of para-hydroxylation sites is 2. The summed E-state index contributed by atoms with van der Waals surface area (Å²) in [6.07, 6.45) is 18.4. The van der Waals surface area contributed by atoms with Gasteiger partial charge in [-0.25, -0.2) is 16.8 Å². The van der Waals surface area contributed by atoms with Crippen LogP contribution in [0.5, 0.6) is 11.5 Å². The Bertz CT molecular complexity index is 1170. The van der Waals surface area contributed by atoms with E-state index in [1.165, 1.54) is 75.6 Å². The molecule has 0 saturated heterocycles. The van der Waals surface area contributed by atoms with E-state index < -0.39 is 30.0 Å². The second-order valence-electron chi connectivity index (χ2n) is 10.9. The van der Waals surface area contributed by atoms with Crippen LogP contribution in [0.4, 0.5) is 0 Å². The van der Waals surface area contributed by atoms with Crippen molar-refractivity contribution in [3.63, 3.8) is 0 Å². The van der Waals surface area contributed by atoms with Crippen molar-refractivity contribution < 1.29 is 89.8 Å². The molecule has 0 heterocycles. The quantitative estimate of drug-likeness (QED) is 0.109. The number of benzene rings is 2. The van der Waals surface area contributed by atoms with Gasteiger partial charge in [0.15, 0.2) is 0 Å². The van der Waals surface area contributed by atoms with E-state index in [1.54, 1.807) is 12.1 Å². The van der Waals surface area contributed by atoms with Gasteiger partial charge in [-0.2, -0.15) is 0 Å². The summed E-state index contributed by atoms with van der Waals surface area (Å²) in [5, 5.41) is 0. The first-order valence-corrected chi connectivity index (χ1v) is 18.2. The third-order valence-electron chi connectivity index (χ3n) is 7.46. The van der Waals surface area contributed by atoms with E-state index in [0.717, 1.165) is 51.4 Å². The molecule has 0 aliphatic carbocycles. The van der Waals surface area contributed by atoms with Gasteiger partial charge in [-0.1, -0.05) is 128 Å². The van der Waals surface area contributed by atoms with E-state index in [1.807, 2.05) is 0 Å². The fourth-order valence-corrected chi connectivity index (χ4v) is 6.43. The van der Waals surface area contributed by atoms with E-state index >= 15 is 0 Å². The van der Waals surface area contributed by atoms with Gasteiger partial charge < -0.3 is 13.8 Å². The van der Waals surface area contributed by atoms with Gasteiger partial charge in [-0.05, 0) is 48.9 Å². The van der Waals surface area contributed by atoms with Crippen LogP contribution in [-0.4, -0.2) is 25.9 Å². The summed E-state index contributed by atoms with van der Waals surface area (Å²) in [5.74, 6) is -0.363. The number of ether oxygens (including phenoxy) is 1. The Labute approximate surface area is 305 Å². The molecule has 0 N–H and O–H groups in total. The molecule has 2 aromatic carbocycles. The Kier molecular flexibility index (Phi) is 23.4. The fourth-order valence-electron chi connectivity index (χ4n) is 5.14. The molecule has 0 aromatic heterocycles. The molecule has 232 valence electrons. The minimum Gasteiger partial charge on any atom is -0.744 e. The zero-order chi connectivity index (χ0) is 30.1. The maximum Gasteiger partial charge on any atom is 1.00 e. The maximum atomic E-state index is 12.2. The predicted molar refractivity (Wildman–Crippen MR) is 162 cm³/mol. The second-order valence-corrected chi connectivity index (χ2v) is 13.6. The van der Waals surface area contributed by atoms with Crippen LogP contribution in [0.2, 0.25) is 0 Å². The van der Waals surface area contributed by atoms with Crippen molar-refractivity contribution in [2.24, 2.45) is 0 Å². The SMILES string of the molecule is CCCCCCCCCCc1cccc(S(=O)(=O)[O-])c1Oc1c(CCCCCCCCCC)cccc1S(=O)(=O)[O-].[Na+].[Na+]. The van der Waals surface area contributed by atoms with Crippen LogP contribution in [0.25, 0.3) is 0 Å². The van der Waals surface area contributed by atoms with E-state index in [4.69, 9.17) is 4.74 Å². The molecule has 0 aliphatic heterocycles. The van der Waals surface area contributed by atoms with Crippen molar-refractivity contribution in [1.82, 2.24) is 0 Å². The Morgan fingerprint density at radius 1 is 0.512 bits per heavy atom. The molecule has 0 unspecified atom stereocenters. The van der Waals surface area contributed by atoms with Crippen LogP contribution in [0, 0.1) is 0 Å². The standard InChI is InChI=1S/C32H50O7S2.2Na/c1-3-5-7-9-11-13-15-17-21-27-23-19-25-29(40(33,34)35)31(27)39-32-28(24-20-26-30(32)41(36,37)38)22-18-16-14-12-10-8-6-4-2;;/h19-20,23-26H,3-18,21-22H2,1-2H3,(H,33,34,35)(H,36,37,38);;/q;2*+1/p-2. The number of rotatable bonds is 22. The Balaban J connectivity index is 0.00000882. The number of hydrogen-bond donors (Lipinski definition) is 0. The zero-order valence-corrected chi connectivity index (χ0v) is 32.5. The Hall–Kier alpha value is 0.0600. The average Bonchev–Trinajstić information content (AvgIpc) is 2.91. The summed E-state index contributed by atoms with van der Waals surface area (Å²) >= 11 is 0. The third kappa shape index (κ3) is 16.4. The third-order valence-corrected chi connectivity index (χ3v) is 9.18. The first kappa shape index (κ1) is 43.1. The van der Waals surface area contributed by atoms with Gasteiger partial charge in [0.25, 0.3) is 0 Å². The summed E-state index contributed by atoms with van der Waals surface area (Å²) in [6.45, 7) is 4.36. The predicted octanol–water partition coefficient (Wildman–Crippen LogP) is 2.66. The summed E-state index contributed by atoms with van der Waals surface area (Å²) < 4.78 is 79.2. The van der Waals surface area contributed by atoms with Gasteiger partial charge in [-0.3, -0.25) is 0 Å². The van der Waals surface area contributed by atoms with Crippen molar-refractivity contribution in [1.29, 1.82) is 0 Å². The van der Waals surface area contributed by atoms with Gasteiger partial charge in [0.1, 0.15) is 31.7 Å². The van der Waals surface area contributed by atoms with E-state index in [2.05, 4.69) is 13.8 Å². The van der Waals surface area contributed by atoms with Crippen molar-refractivity contribution >= 4 is 20.2 Å². The largest absolute Gasteiger partial charge is 1.00 e. The Morgan fingerprint density at radius 3 is 1.12 bits per heavy atom. The molecular formula is C32H48Na2O7S2. The van der Waals surface area contributed by atoms with Gasteiger partial charge in [0.05, 0.1) is 9.79 Å². The summed E-state index contributed by atoms with van der Waals surface area (Å²) in [5.41, 5.74) is 1.01. The molecule has 0 atom stereocenters. The normalized spacial score (nSPS) is 11.5. The molecular weight excluding hydrogens is 606 g/mol. The van der Waals surface area contributed by atoms with E-state index in [0.29, 0.717) is 24.0 Å².